The predicted octanol–water partition coefficient (Wildman–Crippen LogP) is 5.07. The summed E-state index contributed by atoms with van der Waals surface area (Å²) in [4.78, 5) is 23.3. The number of thiazole rings is 1. The minimum Gasteiger partial charge on any atom is -0.308 e. The Labute approximate surface area is 223 Å². The second-order valence-electron chi connectivity index (χ2n) is 8.27. The predicted molar refractivity (Wildman–Crippen MR) is 150 cm³/mol. The zero-order valence-electron chi connectivity index (χ0n) is 20.7. The van der Waals surface area contributed by atoms with E-state index in [4.69, 9.17) is 4.98 Å². The summed E-state index contributed by atoms with van der Waals surface area (Å²) in [6.45, 7) is 3.63. The molecule has 0 aliphatic rings. The summed E-state index contributed by atoms with van der Waals surface area (Å²) in [7, 11) is 1.92. The molecule has 11 heteroatoms. The number of carbonyl (C=O) groups is 1. The van der Waals surface area contributed by atoms with E-state index in [9.17, 15) is 13.2 Å². The average molecular weight is 557 g/mol. The SMILES string of the molecule is CCCCN(C)S(=O)(=O)c1ccc(C(=O)N(CCN(C)C)c2nc3c(SC)cccc3s2)cc1.Cl. The number of anilines is 1. The van der Waals surface area contributed by atoms with Crippen molar-refractivity contribution in [3.63, 3.8) is 0 Å². The van der Waals surface area contributed by atoms with Gasteiger partial charge in [-0.1, -0.05) is 30.7 Å². The van der Waals surface area contributed by atoms with Crippen LogP contribution in [-0.2, 0) is 10.0 Å². The van der Waals surface area contributed by atoms with E-state index >= 15 is 0 Å². The Kier molecular flexibility index (Phi) is 11.0. The molecule has 0 atom stereocenters. The summed E-state index contributed by atoms with van der Waals surface area (Å²) >= 11 is 3.12. The van der Waals surface area contributed by atoms with Crippen molar-refractivity contribution in [2.75, 3.05) is 51.9 Å². The zero-order valence-corrected chi connectivity index (χ0v) is 24.0. The molecule has 7 nitrogen and oxygen atoms in total. The van der Waals surface area contributed by atoms with Gasteiger partial charge in [-0.2, -0.15) is 0 Å². The summed E-state index contributed by atoms with van der Waals surface area (Å²) in [5.74, 6) is -0.199. The number of hydrogen-bond acceptors (Lipinski definition) is 7. The third-order valence-corrected chi connectivity index (χ3v) is 9.16. The molecule has 0 saturated heterocycles. The fourth-order valence-electron chi connectivity index (χ4n) is 3.38. The first kappa shape index (κ1) is 29.5. The Morgan fingerprint density at radius 3 is 2.31 bits per heavy atom. The van der Waals surface area contributed by atoms with Crippen LogP contribution in [0.4, 0.5) is 5.13 Å². The van der Waals surface area contributed by atoms with Crippen LogP contribution in [0.15, 0.2) is 52.3 Å². The monoisotopic (exact) mass is 556 g/mol. The normalized spacial score (nSPS) is 11.7. The Bertz CT molecular complexity index is 1230. The number of amides is 1. The molecule has 0 unspecified atom stereocenters. The number of hydrogen-bond donors (Lipinski definition) is 0. The fraction of sp³-hybridized carbons (Fsp3) is 0.417. The van der Waals surface area contributed by atoms with Gasteiger partial charge >= 0.3 is 0 Å². The smallest absolute Gasteiger partial charge is 0.260 e. The molecule has 3 rings (SSSR count). The lowest BCUT2D eigenvalue weighted by molar-refractivity contribution is 0.0985. The maximum Gasteiger partial charge on any atom is 0.260 e. The zero-order chi connectivity index (χ0) is 24.9. The largest absolute Gasteiger partial charge is 0.308 e. The number of fused-ring (bicyclic) bond motifs is 1. The Morgan fingerprint density at radius 1 is 1.03 bits per heavy atom. The number of carbonyl (C=O) groups excluding carboxylic acids is 1. The van der Waals surface area contributed by atoms with Crippen LogP contribution < -0.4 is 4.90 Å². The number of para-hydroxylation sites is 1. The van der Waals surface area contributed by atoms with Crippen molar-refractivity contribution >= 4 is 66.8 Å². The molecule has 0 aliphatic heterocycles. The molecular weight excluding hydrogens is 524 g/mol. The van der Waals surface area contributed by atoms with Crippen LogP contribution in [-0.4, -0.2) is 75.5 Å². The first-order valence-electron chi connectivity index (χ1n) is 11.2. The summed E-state index contributed by atoms with van der Waals surface area (Å²) in [6, 6.07) is 12.2. The Morgan fingerprint density at radius 2 is 1.71 bits per heavy atom. The van der Waals surface area contributed by atoms with Crippen LogP contribution in [0, 0.1) is 0 Å². The van der Waals surface area contributed by atoms with E-state index in [1.165, 1.54) is 27.8 Å². The molecule has 0 aliphatic carbocycles. The van der Waals surface area contributed by atoms with Gasteiger partial charge in [-0.05, 0) is 63.2 Å². The number of rotatable bonds is 11. The van der Waals surface area contributed by atoms with E-state index in [1.807, 2.05) is 50.4 Å². The third-order valence-electron chi connectivity index (χ3n) is 5.47. The number of aromatic nitrogens is 1. The van der Waals surface area contributed by atoms with Gasteiger partial charge in [0.05, 0.1) is 15.1 Å². The first-order valence-corrected chi connectivity index (χ1v) is 14.6. The van der Waals surface area contributed by atoms with Gasteiger partial charge in [0.25, 0.3) is 5.91 Å². The minimum absolute atomic E-state index is 0. The fourth-order valence-corrected chi connectivity index (χ4v) is 6.24. The summed E-state index contributed by atoms with van der Waals surface area (Å²) in [5, 5.41) is 0.638. The molecule has 0 N–H and O–H groups in total. The van der Waals surface area contributed by atoms with E-state index in [-0.39, 0.29) is 23.2 Å². The first-order chi connectivity index (χ1) is 16.2. The number of likely N-dealkylation sites (N-methyl/N-ethyl adjacent to an activating group) is 1. The average Bonchev–Trinajstić information content (AvgIpc) is 3.26. The molecule has 35 heavy (non-hydrogen) atoms. The molecule has 1 heterocycles. The van der Waals surface area contributed by atoms with Crippen molar-refractivity contribution < 1.29 is 13.2 Å². The molecule has 1 amide bonds. The van der Waals surface area contributed by atoms with Crippen molar-refractivity contribution in [3.8, 4) is 0 Å². The topological polar surface area (TPSA) is 73.8 Å². The van der Waals surface area contributed by atoms with Gasteiger partial charge in [0.1, 0.15) is 0 Å². The Balaban J connectivity index is 0.00000432. The standard InChI is InChI=1S/C24H32N4O3S3.ClH/c1-6-7-15-27(4)34(30,31)19-13-11-18(12-14-19)23(29)28(17-16-26(2)3)24-25-22-20(32-5)9-8-10-21(22)33-24;/h8-14H,6-7,15-17H2,1-5H3;1H. The highest BCUT2D eigenvalue weighted by atomic mass is 35.5. The van der Waals surface area contributed by atoms with Gasteiger partial charge in [-0.25, -0.2) is 17.7 Å². The minimum atomic E-state index is -3.58. The maximum absolute atomic E-state index is 13.5. The second-order valence-corrected chi connectivity index (χ2v) is 12.2. The van der Waals surface area contributed by atoms with Gasteiger partial charge in [0.15, 0.2) is 5.13 Å². The highest BCUT2D eigenvalue weighted by Gasteiger charge is 2.24. The molecule has 0 fully saturated rings. The van der Waals surface area contributed by atoms with Crippen LogP contribution in [0.2, 0.25) is 0 Å². The third kappa shape index (κ3) is 6.96. The van der Waals surface area contributed by atoms with Gasteiger partial charge < -0.3 is 4.90 Å². The van der Waals surface area contributed by atoms with Gasteiger partial charge in [-0.15, -0.1) is 24.2 Å². The lowest BCUT2D eigenvalue weighted by atomic mass is 10.2. The number of nitrogens with zero attached hydrogens (tertiary/aromatic N) is 4. The number of sulfonamides is 1. The van der Waals surface area contributed by atoms with E-state index < -0.39 is 10.0 Å². The van der Waals surface area contributed by atoms with Gasteiger partial charge in [0, 0.05) is 37.1 Å². The van der Waals surface area contributed by atoms with Crippen molar-refractivity contribution in [2.24, 2.45) is 0 Å². The molecule has 192 valence electrons. The van der Waals surface area contributed by atoms with Crippen molar-refractivity contribution in [1.29, 1.82) is 0 Å². The summed E-state index contributed by atoms with van der Waals surface area (Å²) in [6.07, 6.45) is 3.73. The molecule has 0 radical (unpaired) electrons. The number of benzene rings is 2. The molecule has 3 aromatic rings. The lowest BCUT2D eigenvalue weighted by Crippen LogP contribution is -2.36. The van der Waals surface area contributed by atoms with Gasteiger partial charge in [-0.3, -0.25) is 9.69 Å². The summed E-state index contributed by atoms with van der Waals surface area (Å²) in [5.41, 5.74) is 1.33. The Hall–Kier alpha value is -1.69. The van der Waals surface area contributed by atoms with E-state index in [2.05, 4.69) is 0 Å². The number of thioether (sulfide) groups is 1. The highest BCUT2D eigenvalue weighted by molar-refractivity contribution is 7.98. The number of halogens is 1. The van der Waals surface area contributed by atoms with Gasteiger partial charge in [0.2, 0.25) is 10.0 Å². The van der Waals surface area contributed by atoms with Crippen LogP contribution >= 0.6 is 35.5 Å². The molecule has 0 spiro atoms. The maximum atomic E-state index is 13.5. The molecule has 2 aromatic carbocycles. The van der Waals surface area contributed by atoms with Crippen LogP contribution in [0.25, 0.3) is 10.2 Å². The van der Waals surface area contributed by atoms with Crippen molar-refractivity contribution in [2.45, 2.75) is 29.6 Å². The lowest BCUT2D eigenvalue weighted by Gasteiger charge is -2.22. The quantitative estimate of drug-likeness (QED) is 0.307. The number of unbranched alkanes of at least 4 members (excludes halogenated alkanes) is 1. The molecular formula is C24H33ClN4O3S3. The van der Waals surface area contributed by atoms with Crippen molar-refractivity contribution in [3.05, 3.63) is 48.0 Å². The molecule has 1 aromatic heterocycles. The second kappa shape index (κ2) is 13.0. The van der Waals surface area contributed by atoms with Crippen LogP contribution in [0.1, 0.15) is 30.1 Å². The van der Waals surface area contributed by atoms with Crippen molar-refractivity contribution in [1.82, 2.24) is 14.2 Å². The molecule has 0 saturated carbocycles. The van der Waals surface area contributed by atoms with E-state index in [1.54, 1.807) is 35.8 Å². The van der Waals surface area contributed by atoms with E-state index in [0.29, 0.717) is 30.3 Å². The highest BCUT2D eigenvalue weighted by Crippen LogP contribution is 2.34. The molecule has 0 bridgehead atoms. The summed E-state index contributed by atoms with van der Waals surface area (Å²) < 4.78 is 28.0. The van der Waals surface area contributed by atoms with E-state index in [0.717, 1.165) is 28.0 Å². The van der Waals surface area contributed by atoms with Crippen LogP contribution in [0.3, 0.4) is 0 Å². The van der Waals surface area contributed by atoms with Crippen LogP contribution in [0.5, 0.6) is 0 Å².